The Hall–Kier alpha value is -1.02. The fourth-order valence-electron chi connectivity index (χ4n) is 2.61. The topological polar surface area (TPSA) is 78.5 Å². The highest BCUT2D eigenvalue weighted by atomic mass is 35.5. The summed E-state index contributed by atoms with van der Waals surface area (Å²) in [4.78, 5) is 13.9. The minimum atomic E-state index is -3.23. The normalized spacial score (nSPS) is 16.2. The van der Waals surface area contributed by atoms with Crippen LogP contribution in [0.2, 0.25) is 10.0 Å². The molecular weight excluding hydrogens is 373 g/mol. The van der Waals surface area contributed by atoms with E-state index in [-0.39, 0.29) is 17.8 Å². The Morgan fingerprint density at radius 3 is 2.33 bits per heavy atom. The van der Waals surface area contributed by atoms with Crippen LogP contribution in [-0.4, -0.2) is 44.2 Å². The van der Waals surface area contributed by atoms with E-state index in [4.69, 9.17) is 23.2 Å². The minimum absolute atomic E-state index is 0.119. The second-order valence-corrected chi connectivity index (χ2v) is 8.53. The number of urea groups is 1. The lowest BCUT2D eigenvalue weighted by Crippen LogP contribution is -2.48. The molecule has 0 unspecified atom stereocenters. The van der Waals surface area contributed by atoms with E-state index < -0.39 is 10.0 Å². The Morgan fingerprint density at radius 2 is 1.79 bits per heavy atom. The first kappa shape index (κ1) is 19.3. The quantitative estimate of drug-likeness (QED) is 0.804. The van der Waals surface area contributed by atoms with Crippen molar-refractivity contribution < 1.29 is 13.2 Å². The first-order valence-electron chi connectivity index (χ1n) is 7.81. The number of likely N-dealkylation sites (tertiary alicyclic amines) is 1. The third kappa shape index (κ3) is 5.81. The monoisotopic (exact) mass is 393 g/mol. The Morgan fingerprint density at radius 1 is 1.21 bits per heavy atom. The third-order valence-electron chi connectivity index (χ3n) is 3.72. The lowest BCUT2D eigenvalue weighted by molar-refractivity contribution is 0.193. The van der Waals surface area contributed by atoms with E-state index in [2.05, 4.69) is 10.0 Å². The van der Waals surface area contributed by atoms with Crippen molar-refractivity contribution in [3.8, 4) is 0 Å². The first-order valence-corrected chi connectivity index (χ1v) is 10.2. The van der Waals surface area contributed by atoms with Crippen molar-refractivity contribution in [2.45, 2.75) is 32.2 Å². The van der Waals surface area contributed by atoms with Gasteiger partial charge < -0.3 is 10.2 Å². The molecule has 1 aromatic carbocycles. The second kappa shape index (κ2) is 8.38. The van der Waals surface area contributed by atoms with Crippen LogP contribution in [0.4, 0.5) is 10.5 Å². The lowest BCUT2D eigenvalue weighted by atomic mass is 10.1. The van der Waals surface area contributed by atoms with E-state index >= 15 is 0 Å². The Kier molecular flexibility index (Phi) is 6.74. The predicted molar refractivity (Wildman–Crippen MR) is 97.3 cm³/mol. The minimum Gasteiger partial charge on any atom is -0.324 e. The summed E-state index contributed by atoms with van der Waals surface area (Å²) < 4.78 is 26.3. The van der Waals surface area contributed by atoms with Crippen molar-refractivity contribution in [1.29, 1.82) is 0 Å². The van der Waals surface area contributed by atoms with Gasteiger partial charge in [0, 0.05) is 34.9 Å². The van der Waals surface area contributed by atoms with E-state index in [0.29, 0.717) is 48.1 Å². The van der Waals surface area contributed by atoms with Gasteiger partial charge in [-0.2, -0.15) is 0 Å². The number of hydrogen-bond donors (Lipinski definition) is 2. The zero-order valence-corrected chi connectivity index (χ0v) is 15.7. The molecule has 134 valence electrons. The summed E-state index contributed by atoms with van der Waals surface area (Å²) in [7, 11) is -3.23. The molecule has 2 N–H and O–H groups in total. The van der Waals surface area contributed by atoms with Crippen molar-refractivity contribution in [3.05, 3.63) is 28.2 Å². The number of nitrogens with one attached hydrogen (secondary N) is 2. The molecule has 1 aromatic rings. The van der Waals surface area contributed by atoms with E-state index in [9.17, 15) is 13.2 Å². The van der Waals surface area contributed by atoms with Gasteiger partial charge in [0.15, 0.2) is 0 Å². The fourth-order valence-corrected chi connectivity index (χ4v) is 4.54. The van der Waals surface area contributed by atoms with Crippen molar-refractivity contribution in [2.75, 3.05) is 24.2 Å². The number of piperidine rings is 1. The highest BCUT2D eigenvalue weighted by molar-refractivity contribution is 7.89. The molecule has 2 rings (SSSR count). The number of amides is 2. The highest BCUT2D eigenvalue weighted by Crippen LogP contribution is 2.23. The number of nitrogens with zero attached hydrogens (tertiary/aromatic N) is 1. The number of benzene rings is 1. The second-order valence-electron chi connectivity index (χ2n) is 5.79. The van der Waals surface area contributed by atoms with E-state index in [0.717, 1.165) is 0 Å². The Bertz CT molecular complexity index is 669. The predicted octanol–water partition coefficient (Wildman–Crippen LogP) is 3.32. The molecule has 0 aliphatic carbocycles. The fraction of sp³-hybridized carbons (Fsp3) is 0.533. The van der Waals surface area contributed by atoms with Crippen LogP contribution in [0.5, 0.6) is 0 Å². The van der Waals surface area contributed by atoms with Gasteiger partial charge in [0.25, 0.3) is 0 Å². The van der Waals surface area contributed by atoms with Gasteiger partial charge in [0.2, 0.25) is 10.0 Å². The van der Waals surface area contributed by atoms with E-state index in [1.54, 1.807) is 23.1 Å². The molecule has 1 aliphatic rings. The summed E-state index contributed by atoms with van der Waals surface area (Å²) in [6, 6.07) is 4.47. The number of anilines is 1. The first-order chi connectivity index (χ1) is 11.3. The van der Waals surface area contributed by atoms with E-state index in [1.807, 2.05) is 6.92 Å². The van der Waals surface area contributed by atoms with Crippen LogP contribution in [0.1, 0.15) is 26.2 Å². The molecule has 1 saturated heterocycles. The highest BCUT2D eigenvalue weighted by Gasteiger charge is 2.25. The number of sulfonamides is 1. The molecule has 1 heterocycles. The van der Waals surface area contributed by atoms with Crippen LogP contribution in [0.3, 0.4) is 0 Å². The molecule has 9 heteroatoms. The van der Waals surface area contributed by atoms with Gasteiger partial charge in [0.05, 0.1) is 5.75 Å². The number of hydrogen-bond acceptors (Lipinski definition) is 3. The maximum Gasteiger partial charge on any atom is 0.321 e. The molecule has 1 aliphatic heterocycles. The van der Waals surface area contributed by atoms with Crippen molar-refractivity contribution in [2.24, 2.45) is 0 Å². The van der Waals surface area contributed by atoms with Gasteiger partial charge in [-0.3, -0.25) is 0 Å². The average Bonchev–Trinajstić information content (AvgIpc) is 2.46. The van der Waals surface area contributed by atoms with E-state index in [1.165, 1.54) is 0 Å². The smallest absolute Gasteiger partial charge is 0.321 e. The molecule has 1 fully saturated rings. The van der Waals surface area contributed by atoms with Crippen LogP contribution in [0.15, 0.2) is 18.2 Å². The SMILES string of the molecule is CCCS(=O)(=O)NC1CCN(C(=O)Nc2cc(Cl)cc(Cl)c2)CC1. The molecule has 0 spiro atoms. The van der Waals surface area contributed by atoms with Gasteiger partial charge >= 0.3 is 6.03 Å². The maximum absolute atomic E-state index is 12.3. The van der Waals surface area contributed by atoms with Crippen LogP contribution in [0.25, 0.3) is 0 Å². The molecule has 6 nitrogen and oxygen atoms in total. The molecule has 0 aromatic heterocycles. The van der Waals surface area contributed by atoms with Gasteiger partial charge in [-0.05, 0) is 37.5 Å². The molecule has 2 amide bonds. The summed E-state index contributed by atoms with van der Waals surface area (Å²) in [5.41, 5.74) is 0.531. The van der Waals surface area contributed by atoms with Gasteiger partial charge in [-0.15, -0.1) is 0 Å². The number of carbonyl (C=O) groups is 1. The standard InChI is InChI=1S/C15H21Cl2N3O3S/c1-2-7-24(22,23)19-13-3-5-20(6-4-13)15(21)18-14-9-11(16)8-12(17)10-14/h8-10,13,19H,2-7H2,1H3,(H,18,21). The number of halogens is 2. The lowest BCUT2D eigenvalue weighted by Gasteiger charge is -2.32. The molecule has 0 bridgehead atoms. The third-order valence-corrected chi connectivity index (χ3v) is 5.79. The van der Waals surface area contributed by atoms with Crippen LogP contribution in [-0.2, 0) is 10.0 Å². The summed E-state index contributed by atoms with van der Waals surface area (Å²) >= 11 is 11.8. The van der Waals surface area contributed by atoms with Gasteiger partial charge in [-0.1, -0.05) is 30.1 Å². The Labute approximate surface area is 152 Å². The molecule has 0 saturated carbocycles. The molecular formula is C15H21Cl2N3O3S. The summed E-state index contributed by atoms with van der Waals surface area (Å²) in [5, 5.41) is 3.65. The van der Waals surface area contributed by atoms with Crippen molar-refractivity contribution in [1.82, 2.24) is 9.62 Å². The van der Waals surface area contributed by atoms with Crippen LogP contribution < -0.4 is 10.0 Å². The summed E-state index contributed by atoms with van der Waals surface area (Å²) in [6.07, 6.45) is 1.76. The molecule has 0 atom stereocenters. The van der Waals surface area contributed by atoms with Gasteiger partial charge in [-0.25, -0.2) is 17.9 Å². The maximum atomic E-state index is 12.3. The molecule has 0 radical (unpaired) electrons. The largest absolute Gasteiger partial charge is 0.324 e. The van der Waals surface area contributed by atoms with Gasteiger partial charge in [0.1, 0.15) is 0 Å². The zero-order chi connectivity index (χ0) is 17.7. The average molecular weight is 394 g/mol. The van der Waals surface area contributed by atoms with Crippen LogP contribution in [0, 0.1) is 0 Å². The molecule has 24 heavy (non-hydrogen) atoms. The summed E-state index contributed by atoms with van der Waals surface area (Å²) in [6.45, 7) is 2.80. The van der Waals surface area contributed by atoms with Crippen molar-refractivity contribution in [3.63, 3.8) is 0 Å². The van der Waals surface area contributed by atoms with Crippen molar-refractivity contribution >= 4 is 44.9 Å². The Balaban J connectivity index is 1.86. The zero-order valence-electron chi connectivity index (χ0n) is 13.4. The summed E-state index contributed by atoms with van der Waals surface area (Å²) in [5.74, 6) is 0.128. The van der Waals surface area contributed by atoms with Crippen LogP contribution >= 0.6 is 23.2 Å². The number of rotatable bonds is 5. The number of carbonyl (C=O) groups excluding carboxylic acids is 1.